The highest BCUT2D eigenvalue weighted by Crippen LogP contribution is 2.24. The Morgan fingerprint density at radius 3 is 2.57 bits per heavy atom. The molecule has 0 saturated carbocycles. The number of aromatic hydroxyl groups is 2. The Bertz CT molecular complexity index is 469. The largest absolute Gasteiger partial charge is 0.504 e. The van der Waals surface area contributed by atoms with Crippen LogP contribution in [0, 0.1) is 0 Å². The lowest BCUT2D eigenvalue weighted by atomic mass is 10.1. The summed E-state index contributed by atoms with van der Waals surface area (Å²) >= 11 is 0. The van der Waals surface area contributed by atoms with Crippen molar-refractivity contribution in [2.24, 2.45) is 0 Å². The number of phenols is 2. The number of carbonyl (C=O) groups is 1. The predicted molar refractivity (Wildman–Crippen MR) is 80.2 cm³/mol. The van der Waals surface area contributed by atoms with Crippen molar-refractivity contribution in [3.05, 3.63) is 23.8 Å². The van der Waals surface area contributed by atoms with Crippen LogP contribution in [-0.2, 0) is 16.0 Å². The first kappa shape index (κ1) is 17.3. The van der Waals surface area contributed by atoms with E-state index >= 15 is 0 Å². The van der Waals surface area contributed by atoms with Crippen LogP contribution in [-0.4, -0.2) is 68.0 Å². The lowest BCUT2D eigenvalue weighted by molar-refractivity contribution is -0.870. The van der Waals surface area contributed by atoms with Gasteiger partial charge in [-0.3, -0.25) is 4.79 Å². The molecule has 6 nitrogen and oxygen atoms in total. The van der Waals surface area contributed by atoms with Crippen molar-refractivity contribution in [3.8, 4) is 11.5 Å². The highest BCUT2D eigenvalue weighted by atomic mass is 16.5. The van der Waals surface area contributed by atoms with Gasteiger partial charge in [0, 0.05) is 0 Å². The topological polar surface area (TPSA) is 78.8 Å². The first-order valence-corrected chi connectivity index (χ1v) is 6.95. The Balaban J connectivity index is 2.16. The standard InChI is InChI=1S/C15H24N2O4/c1-17(2,3)8-9-21-15(20)11-16-7-6-12-4-5-13(18)14(19)10-12/h4-5,10,16H,6-9,11H2,1-3H3,(H-,18,19)/p+1. The minimum absolute atomic E-state index is 0.132. The molecule has 0 aliphatic heterocycles. The van der Waals surface area contributed by atoms with Gasteiger partial charge in [-0.25, -0.2) is 0 Å². The van der Waals surface area contributed by atoms with Crippen molar-refractivity contribution in [2.75, 3.05) is 47.4 Å². The zero-order chi connectivity index (χ0) is 15.9. The third kappa shape index (κ3) is 7.53. The van der Waals surface area contributed by atoms with Crippen LogP contribution in [0.1, 0.15) is 5.56 Å². The van der Waals surface area contributed by atoms with Crippen molar-refractivity contribution >= 4 is 5.97 Å². The van der Waals surface area contributed by atoms with Crippen molar-refractivity contribution < 1.29 is 24.2 Å². The molecule has 0 aliphatic carbocycles. The maximum absolute atomic E-state index is 11.5. The molecule has 118 valence electrons. The van der Waals surface area contributed by atoms with Gasteiger partial charge < -0.3 is 24.7 Å². The molecule has 0 aromatic heterocycles. The molecular weight excluding hydrogens is 272 g/mol. The summed E-state index contributed by atoms with van der Waals surface area (Å²) in [7, 11) is 6.12. The third-order valence-corrected chi connectivity index (χ3v) is 2.92. The summed E-state index contributed by atoms with van der Waals surface area (Å²) in [6, 6.07) is 4.69. The average molecular weight is 297 g/mol. The van der Waals surface area contributed by atoms with Crippen LogP contribution >= 0.6 is 0 Å². The molecular formula is C15H25N2O4+. The monoisotopic (exact) mass is 297 g/mol. The van der Waals surface area contributed by atoms with E-state index in [9.17, 15) is 15.0 Å². The molecule has 0 aliphatic rings. The molecule has 1 rings (SSSR count). The first-order valence-electron chi connectivity index (χ1n) is 6.95. The van der Waals surface area contributed by atoms with Crippen LogP contribution in [0.3, 0.4) is 0 Å². The van der Waals surface area contributed by atoms with Crippen molar-refractivity contribution in [1.29, 1.82) is 0 Å². The normalized spacial score (nSPS) is 11.4. The number of esters is 1. The summed E-state index contributed by atoms with van der Waals surface area (Å²) in [5.41, 5.74) is 0.885. The van der Waals surface area contributed by atoms with Gasteiger partial charge in [0.25, 0.3) is 0 Å². The van der Waals surface area contributed by atoms with E-state index in [0.717, 1.165) is 16.6 Å². The molecule has 21 heavy (non-hydrogen) atoms. The van der Waals surface area contributed by atoms with E-state index < -0.39 is 0 Å². The summed E-state index contributed by atoms with van der Waals surface area (Å²) in [5.74, 6) is -0.531. The van der Waals surface area contributed by atoms with Crippen LogP contribution in [0.4, 0.5) is 0 Å². The number of hydrogen-bond donors (Lipinski definition) is 3. The van der Waals surface area contributed by atoms with E-state index in [0.29, 0.717) is 19.6 Å². The number of phenolic OH excluding ortho intramolecular Hbond substituents is 2. The molecule has 1 aromatic carbocycles. The number of hydrogen-bond acceptors (Lipinski definition) is 5. The molecule has 3 N–H and O–H groups in total. The highest BCUT2D eigenvalue weighted by Gasteiger charge is 2.09. The molecule has 0 unspecified atom stereocenters. The van der Waals surface area contributed by atoms with Gasteiger partial charge in [0.2, 0.25) is 0 Å². The molecule has 0 radical (unpaired) electrons. The van der Waals surface area contributed by atoms with Crippen molar-refractivity contribution in [2.45, 2.75) is 6.42 Å². The van der Waals surface area contributed by atoms with Crippen LogP contribution in [0.15, 0.2) is 18.2 Å². The second kappa shape index (κ2) is 7.85. The minimum atomic E-state index is -0.267. The quantitative estimate of drug-likeness (QED) is 0.281. The van der Waals surface area contributed by atoms with Crippen LogP contribution in [0.5, 0.6) is 11.5 Å². The minimum Gasteiger partial charge on any atom is -0.504 e. The van der Waals surface area contributed by atoms with E-state index in [-0.39, 0.29) is 24.0 Å². The summed E-state index contributed by atoms with van der Waals surface area (Å²) in [6.07, 6.45) is 0.653. The van der Waals surface area contributed by atoms with Crippen LogP contribution in [0.2, 0.25) is 0 Å². The second-order valence-corrected chi connectivity index (χ2v) is 5.98. The third-order valence-electron chi connectivity index (χ3n) is 2.92. The number of quaternary nitrogens is 1. The van der Waals surface area contributed by atoms with Gasteiger partial charge in [-0.05, 0) is 30.7 Å². The molecule has 0 spiro atoms. The number of carbonyl (C=O) groups excluding carboxylic acids is 1. The molecule has 0 fully saturated rings. The van der Waals surface area contributed by atoms with E-state index in [4.69, 9.17) is 4.74 Å². The molecule has 0 amide bonds. The lowest BCUT2D eigenvalue weighted by Gasteiger charge is -2.23. The van der Waals surface area contributed by atoms with E-state index in [1.807, 2.05) is 21.1 Å². The molecule has 6 heteroatoms. The first-order chi connectivity index (χ1) is 9.78. The Labute approximate surface area is 125 Å². The maximum atomic E-state index is 11.5. The van der Waals surface area contributed by atoms with Gasteiger partial charge >= 0.3 is 5.97 Å². The highest BCUT2D eigenvalue weighted by molar-refractivity contribution is 5.71. The summed E-state index contributed by atoms with van der Waals surface area (Å²) in [4.78, 5) is 11.5. The summed E-state index contributed by atoms with van der Waals surface area (Å²) < 4.78 is 5.87. The molecule has 1 aromatic rings. The predicted octanol–water partition coefficient (Wildman–Crippen LogP) is 0.479. The smallest absolute Gasteiger partial charge is 0.320 e. The van der Waals surface area contributed by atoms with Gasteiger partial charge in [-0.1, -0.05) is 6.07 Å². The molecule has 0 bridgehead atoms. The fourth-order valence-electron chi connectivity index (χ4n) is 1.63. The number of ether oxygens (including phenoxy) is 1. The van der Waals surface area contributed by atoms with Gasteiger partial charge in [-0.15, -0.1) is 0 Å². The van der Waals surface area contributed by atoms with Gasteiger partial charge in [-0.2, -0.15) is 0 Å². The van der Waals surface area contributed by atoms with Gasteiger partial charge in [0.1, 0.15) is 13.2 Å². The SMILES string of the molecule is C[N+](C)(C)CCOC(=O)CNCCc1ccc(O)c(O)c1. The van der Waals surface area contributed by atoms with Crippen molar-refractivity contribution in [3.63, 3.8) is 0 Å². The van der Waals surface area contributed by atoms with E-state index in [1.165, 1.54) is 12.1 Å². The van der Waals surface area contributed by atoms with Crippen LogP contribution in [0.25, 0.3) is 0 Å². The van der Waals surface area contributed by atoms with Crippen molar-refractivity contribution in [1.82, 2.24) is 5.32 Å². The second-order valence-electron chi connectivity index (χ2n) is 5.98. The number of nitrogens with one attached hydrogen (secondary N) is 1. The maximum Gasteiger partial charge on any atom is 0.320 e. The lowest BCUT2D eigenvalue weighted by Crippen LogP contribution is -2.38. The number of rotatable bonds is 8. The number of nitrogens with zero attached hydrogens (tertiary/aromatic N) is 1. The zero-order valence-corrected chi connectivity index (χ0v) is 12.9. The average Bonchev–Trinajstić information content (AvgIpc) is 2.37. The van der Waals surface area contributed by atoms with E-state index in [1.54, 1.807) is 6.07 Å². The van der Waals surface area contributed by atoms with E-state index in [2.05, 4.69) is 5.32 Å². The Morgan fingerprint density at radius 1 is 1.24 bits per heavy atom. The zero-order valence-electron chi connectivity index (χ0n) is 12.9. The summed E-state index contributed by atoms with van der Waals surface area (Å²) in [6.45, 7) is 1.95. The fourth-order valence-corrected chi connectivity index (χ4v) is 1.63. The Hall–Kier alpha value is -1.79. The summed E-state index contributed by atoms with van der Waals surface area (Å²) in [5, 5.41) is 21.6. The molecule has 0 saturated heterocycles. The fraction of sp³-hybridized carbons (Fsp3) is 0.533. The number of likely N-dealkylation sites (N-methyl/N-ethyl adjacent to an activating group) is 1. The molecule has 0 atom stereocenters. The van der Waals surface area contributed by atoms with Gasteiger partial charge in [0.15, 0.2) is 11.5 Å². The van der Waals surface area contributed by atoms with Crippen LogP contribution < -0.4 is 5.32 Å². The molecule has 0 heterocycles. The number of benzene rings is 1. The Morgan fingerprint density at radius 2 is 1.95 bits per heavy atom. The Kier molecular flexibility index (Phi) is 6.45. The van der Waals surface area contributed by atoms with Gasteiger partial charge in [0.05, 0.1) is 27.7 Å².